The van der Waals surface area contributed by atoms with Gasteiger partial charge in [0.05, 0.1) is 7.11 Å². The van der Waals surface area contributed by atoms with E-state index in [4.69, 9.17) is 4.74 Å². The van der Waals surface area contributed by atoms with Crippen LogP contribution in [0.5, 0.6) is 5.75 Å². The summed E-state index contributed by atoms with van der Waals surface area (Å²) in [6, 6.07) is 12.1. The third kappa shape index (κ3) is 1.35. The molecule has 14 heavy (non-hydrogen) atoms. The van der Waals surface area contributed by atoms with Gasteiger partial charge in [0, 0.05) is 5.56 Å². The molecule has 0 N–H and O–H groups in total. The lowest BCUT2D eigenvalue weighted by Crippen LogP contribution is -1.86. The average molecular weight is 185 g/mol. The molecule has 0 bridgehead atoms. The highest BCUT2D eigenvalue weighted by molar-refractivity contribution is 5.98. The molecule has 2 aromatic carbocycles. The van der Waals surface area contributed by atoms with E-state index in [1.165, 1.54) is 0 Å². The van der Waals surface area contributed by atoms with Gasteiger partial charge in [-0.15, -0.1) is 0 Å². The van der Waals surface area contributed by atoms with Crippen LogP contribution in [-0.2, 0) is 0 Å². The maximum absolute atomic E-state index is 10.7. The monoisotopic (exact) mass is 185 g/mol. The van der Waals surface area contributed by atoms with Crippen LogP contribution >= 0.6 is 0 Å². The lowest BCUT2D eigenvalue weighted by atomic mass is 10.1. The van der Waals surface area contributed by atoms with Crippen LogP contribution in [0.2, 0.25) is 0 Å². The van der Waals surface area contributed by atoms with Crippen molar-refractivity contribution in [1.82, 2.24) is 0 Å². The zero-order valence-electron chi connectivity index (χ0n) is 7.78. The summed E-state index contributed by atoms with van der Waals surface area (Å²) in [5.41, 5.74) is 0.588. The van der Waals surface area contributed by atoms with Crippen molar-refractivity contribution < 1.29 is 9.53 Å². The van der Waals surface area contributed by atoms with E-state index in [1.54, 1.807) is 13.2 Å². The first kappa shape index (κ1) is 8.75. The Morgan fingerprint density at radius 2 is 2.21 bits per heavy atom. The number of aldehydes is 1. The summed E-state index contributed by atoms with van der Waals surface area (Å²) in [5.74, 6) is 0.792. The molecule has 0 atom stereocenters. The fraction of sp³-hybridized carbons (Fsp3) is 0.0833. The Kier molecular flexibility index (Phi) is 2.19. The molecule has 0 heterocycles. The van der Waals surface area contributed by atoms with Gasteiger partial charge >= 0.3 is 0 Å². The number of rotatable bonds is 2. The largest absolute Gasteiger partial charge is 0.497 e. The molecule has 0 aliphatic heterocycles. The van der Waals surface area contributed by atoms with Crippen molar-refractivity contribution in [3.63, 3.8) is 0 Å². The van der Waals surface area contributed by atoms with Crippen LogP contribution in [-0.4, -0.2) is 13.4 Å². The third-order valence-electron chi connectivity index (χ3n) is 2.17. The van der Waals surface area contributed by atoms with Gasteiger partial charge in [-0.05, 0) is 35.0 Å². The van der Waals surface area contributed by atoms with E-state index in [0.29, 0.717) is 5.56 Å². The van der Waals surface area contributed by atoms with Gasteiger partial charge in [0.2, 0.25) is 0 Å². The van der Waals surface area contributed by atoms with Gasteiger partial charge < -0.3 is 4.74 Å². The number of methoxy groups -OCH3 is 1. The first-order chi connectivity index (χ1) is 6.85. The summed E-state index contributed by atoms with van der Waals surface area (Å²) in [7, 11) is 1.62. The molecule has 2 nitrogen and oxygen atoms in total. The van der Waals surface area contributed by atoms with E-state index in [9.17, 15) is 4.79 Å². The van der Waals surface area contributed by atoms with Crippen molar-refractivity contribution in [2.45, 2.75) is 0 Å². The Morgan fingerprint density at radius 3 is 2.93 bits per heavy atom. The third-order valence-corrected chi connectivity index (χ3v) is 2.17. The quantitative estimate of drug-likeness (QED) is 0.672. The number of hydrogen-bond donors (Lipinski definition) is 0. The summed E-state index contributed by atoms with van der Waals surface area (Å²) >= 11 is 0. The Labute approximate surface area is 82.1 Å². The van der Waals surface area contributed by atoms with Crippen molar-refractivity contribution in [2.24, 2.45) is 0 Å². The summed E-state index contributed by atoms with van der Waals surface area (Å²) in [6.45, 7) is 0. The van der Waals surface area contributed by atoms with Gasteiger partial charge in [-0.1, -0.05) is 12.1 Å². The van der Waals surface area contributed by atoms with Gasteiger partial charge in [-0.25, -0.2) is 0 Å². The van der Waals surface area contributed by atoms with Gasteiger partial charge in [0.25, 0.3) is 0 Å². The Balaban J connectivity index is 2.73. The molecule has 1 radical (unpaired) electrons. The SMILES string of the molecule is COc1ccc2c(C=O)[c]ccc2c1. The molecule has 2 rings (SSSR count). The molecule has 0 aliphatic carbocycles. The highest BCUT2D eigenvalue weighted by Gasteiger charge is 2.00. The summed E-state index contributed by atoms with van der Waals surface area (Å²) in [5, 5.41) is 1.90. The van der Waals surface area contributed by atoms with E-state index in [0.717, 1.165) is 22.8 Å². The molecule has 0 spiro atoms. The predicted octanol–water partition coefficient (Wildman–Crippen LogP) is 2.46. The van der Waals surface area contributed by atoms with Crippen molar-refractivity contribution >= 4 is 17.1 Å². The smallest absolute Gasteiger partial charge is 0.151 e. The summed E-state index contributed by atoms with van der Waals surface area (Å²) in [4.78, 5) is 10.7. The highest BCUT2D eigenvalue weighted by Crippen LogP contribution is 2.22. The number of benzene rings is 2. The van der Waals surface area contributed by atoms with Crippen molar-refractivity contribution in [3.05, 3.63) is 42.0 Å². The molecule has 2 heteroatoms. The van der Waals surface area contributed by atoms with Crippen LogP contribution in [0.15, 0.2) is 30.3 Å². The van der Waals surface area contributed by atoms with E-state index >= 15 is 0 Å². The molecule has 0 saturated carbocycles. The Morgan fingerprint density at radius 1 is 1.36 bits per heavy atom. The first-order valence-electron chi connectivity index (χ1n) is 4.29. The lowest BCUT2D eigenvalue weighted by Gasteiger charge is -2.03. The normalized spacial score (nSPS) is 10.1. The van der Waals surface area contributed by atoms with Crippen molar-refractivity contribution in [3.8, 4) is 5.75 Å². The second-order valence-electron chi connectivity index (χ2n) is 2.96. The maximum atomic E-state index is 10.7. The van der Waals surface area contributed by atoms with E-state index in [-0.39, 0.29) is 0 Å². The minimum atomic E-state index is 0.588. The van der Waals surface area contributed by atoms with Crippen LogP contribution in [0.1, 0.15) is 10.4 Å². The van der Waals surface area contributed by atoms with Crippen LogP contribution in [0.25, 0.3) is 10.8 Å². The molecular weight excluding hydrogens is 176 g/mol. The van der Waals surface area contributed by atoms with Crippen LogP contribution in [0, 0.1) is 6.07 Å². The molecule has 0 amide bonds. The Bertz CT molecular complexity index is 475. The summed E-state index contributed by atoms with van der Waals surface area (Å²) in [6.07, 6.45) is 0.814. The van der Waals surface area contributed by atoms with Crippen LogP contribution < -0.4 is 4.74 Å². The fourth-order valence-electron chi connectivity index (χ4n) is 1.45. The second kappa shape index (κ2) is 3.50. The number of ether oxygens (including phenoxy) is 1. The van der Waals surface area contributed by atoms with Crippen molar-refractivity contribution in [1.29, 1.82) is 0 Å². The molecule has 0 aromatic heterocycles. The topological polar surface area (TPSA) is 26.3 Å². The number of carbonyl (C=O) groups excluding carboxylic acids is 1. The minimum absolute atomic E-state index is 0.588. The minimum Gasteiger partial charge on any atom is -0.497 e. The molecule has 0 fully saturated rings. The van der Waals surface area contributed by atoms with Gasteiger partial charge in [-0.2, -0.15) is 0 Å². The first-order valence-corrected chi connectivity index (χ1v) is 4.29. The maximum Gasteiger partial charge on any atom is 0.151 e. The number of carbonyl (C=O) groups is 1. The molecule has 0 aliphatic rings. The summed E-state index contributed by atoms with van der Waals surface area (Å²) < 4.78 is 5.10. The zero-order chi connectivity index (χ0) is 9.97. The number of fused-ring (bicyclic) bond motifs is 1. The number of hydrogen-bond acceptors (Lipinski definition) is 2. The van der Waals surface area contributed by atoms with E-state index in [2.05, 4.69) is 6.07 Å². The highest BCUT2D eigenvalue weighted by atomic mass is 16.5. The molecule has 69 valence electrons. The Hall–Kier alpha value is -1.83. The lowest BCUT2D eigenvalue weighted by molar-refractivity contribution is 0.112. The van der Waals surface area contributed by atoms with Gasteiger partial charge in [0.15, 0.2) is 6.29 Å². The fourth-order valence-corrected chi connectivity index (χ4v) is 1.45. The van der Waals surface area contributed by atoms with Crippen LogP contribution in [0.3, 0.4) is 0 Å². The van der Waals surface area contributed by atoms with E-state index in [1.807, 2.05) is 24.3 Å². The standard InChI is InChI=1S/C12H9O2/c1-14-11-5-6-12-9(7-11)3-2-4-10(12)8-13/h2-3,5-8H,1H3. The van der Waals surface area contributed by atoms with Gasteiger partial charge in [0.1, 0.15) is 5.75 Å². The van der Waals surface area contributed by atoms with Crippen molar-refractivity contribution in [2.75, 3.05) is 7.11 Å². The second-order valence-corrected chi connectivity index (χ2v) is 2.96. The molecule has 0 saturated heterocycles. The van der Waals surface area contributed by atoms with Gasteiger partial charge in [-0.3, -0.25) is 4.79 Å². The zero-order valence-corrected chi connectivity index (χ0v) is 7.78. The van der Waals surface area contributed by atoms with E-state index < -0.39 is 0 Å². The molecule has 0 unspecified atom stereocenters. The molecular formula is C12H9O2. The van der Waals surface area contributed by atoms with Crippen LogP contribution in [0.4, 0.5) is 0 Å². The predicted molar refractivity (Wildman–Crippen MR) is 54.7 cm³/mol. The molecule has 2 aromatic rings. The average Bonchev–Trinajstić information content (AvgIpc) is 2.27.